The molecule has 3 aromatic carbocycles. The van der Waals surface area contributed by atoms with E-state index >= 15 is 0 Å². The molecule has 7 nitrogen and oxygen atoms in total. The molecule has 0 aliphatic heterocycles. The van der Waals surface area contributed by atoms with Crippen molar-refractivity contribution in [2.45, 2.75) is 20.4 Å². The van der Waals surface area contributed by atoms with E-state index in [9.17, 15) is 23.2 Å². The Morgan fingerprint density at radius 1 is 0.971 bits per heavy atom. The molecule has 1 aromatic heterocycles. The van der Waals surface area contributed by atoms with Gasteiger partial charge in [-0.05, 0) is 43.3 Å². The summed E-state index contributed by atoms with van der Waals surface area (Å²) in [4.78, 5) is 42.4. The number of amides is 2. The fraction of sp³-hybridized carbons (Fsp3) is 0.120. The van der Waals surface area contributed by atoms with Crippen LogP contribution in [0.1, 0.15) is 12.5 Å². The van der Waals surface area contributed by atoms with E-state index in [0.29, 0.717) is 28.4 Å². The van der Waals surface area contributed by atoms with E-state index in [-0.39, 0.29) is 17.3 Å². The number of hydrogen-bond donors (Lipinski definition) is 2. The second-order valence-electron chi connectivity index (χ2n) is 7.74. The maximum Gasteiger partial charge on any atom is 0.278 e. The zero-order valence-corrected chi connectivity index (χ0v) is 18.4. The molecule has 0 spiro atoms. The van der Waals surface area contributed by atoms with Gasteiger partial charge in [-0.3, -0.25) is 19.0 Å². The van der Waals surface area contributed by atoms with Crippen molar-refractivity contribution in [3.05, 3.63) is 88.2 Å². The first-order valence-electron chi connectivity index (χ1n) is 10.4. The average molecular weight is 462 g/mol. The number of anilines is 2. The lowest BCUT2D eigenvalue weighted by Gasteiger charge is -2.15. The molecule has 0 aliphatic carbocycles. The van der Waals surface area contributed by atoms with Gasteiger partial charge in [-0.15, -0.1) is 0 Å². The van der Waals surface area contributed by atoms with Gasteiger partial charge in [-0.1, -0.05) is 23.8 Å². The summed E-state index contributed by atoms with van der Waals surface area (Å²) in [5.41, 5.74) is 1.79. The molecular formula is C25H20F2N4O3. The largest absolute Gasteiger partial charge is 0.326 e. The highest BCUT2D eigenvalue weighted by Gasteiger charge is 2.19. The summed E-state index contributed by atoms with van der Waals surface area (Å²) < 4.78 is 28.4. The minimum atomic E-state index is -0.930. The molecule has 2 N–H and O–H groups in total. The number of carbonyl (C=O) groups excluding carboxylic acids is 2. The van der Waals surface area contributed by atoms with Gasteiger partial charge in [-0.25, -0.2) is 13.8 Å². The van der Waals surface area contributed by atoms with Crippen LogP contribution in [-0.4, -0.2) is 21.4 Å². The number of nitrogens with one attached hydrogen (secondary N) is 2. The Hall–Kier alpha value is -4.40. The molecule has 1 heterocycles. The van der Waals surface area contributed by atoms with Gasteiger partial charge in [0, 0.05) is 18.6 Å². The lowest BCUT2D eigenvalue weighted by Crippen LogP contribution is -2.30. The van der Waals surface area contributed by atoms with Gasteiger partial charge in [0.25, 0.3) is 5.56 Å². The summed E-state index contributed by atoms with van der Waals surface area (Å²) in [6.45, 7) is 2.76. The van der Waals surface area contributed by atoms with E-state index < -0.39 is 29.6 Å². The van der Waals surface area contributed by atoms with Crippen LogP contribution < -0.4 is 16.2 Å². The van der Waals surface area contributed by atoms with Crippen LogP contribution in [0.25, 0.3) is 22.3 Å². The van der Waals surface area contributed by atoms with Gasteiger partial charge in [0.05, 0.1) is 22.4 Å². The van der Waals surface area contributed by atoms with Crippen LogP contribution in [0.2, 0.25) is 0 Å². The Balaban J connectivity index is 1.82. The van der Waals surface area contributed by atoms with Crippen molar-refractivity contribution in [1.82, 2.24) is 9.55 Å². The summed E-state index contributed by atoms with van der Waals surface area (Å²) in [5.74, 6) is -2.70. The third-order valence-corrected chi connectivity index (χ3v) is 5.10. The third-order valence-electron chi connectivity index (χ3n) is 5.10. The molecule has 0 aliphatic rings. The Labute approximate surface area is 193 Å². The smallest absolute Gasteiger partial charge is 0.278 e. The molecule has 2 amide bonds. The van der Waals surface area contributed by atoms with Crippen molar-refractivity contribution in [2.24, 2.45) is 0 Å². The Bertz CT molecular complexity index is 1500. The quantitative estimate of drug-likeness (QED) is 0.464. The molecule has 0 radical (unpaired) electrons. The summed E-state index contributed by atoms with van der Waals surface area (Å²) >= 11 is 0. The first kappa shape index (κ1) is 22.8. The van der Waals surface area contributed by atoms with Crippen molar-refractivity contribution < 1.29 is 18.4 Å². The van der Waals surface area contributed by atoms with Crippen molar-refractivity contribution in [3.63, 3.8) is 0 Å². The monoisotopic (exact) mass is 462 g/mol. The van der Waals surface area contributed by atoms with E-state index in [1.54, 1.807) is 42.5 Å². The number of benzene rings is 3. The summed E-state index contributed by atoms with van der Waals surface area (Å²) in [6, 6.07) is 14.8. The number of hydrogen-bond acceptors (Lipinski definition) is 4. The minimum Gasteiger partial charge on any atom is -0.326 e. The summed E-state index contributed by atoms with van der Waals surface area (Å²) in [5, 5.41) is 5.07. The second kappa shape index (κ2) is 9.22. The van der Waals surface area contributed by atoms with Crippen molar-refractivity contribution >= 4 is 34.2 Å². The predicted octanol–water partition coefficient (Wildman–Crippen LogP) is 4.25. The van der Waals surface area contributed by atoms with Gasteiger partial charge in [0.2, 0.25) is 11.8 Å². The van der Waals surface area contributed by atoms with Crippen molar-refractivity contribution in [3.8, 4) is 11.3 Å². The molecule has 0 fully saturated rings. The van der Waals surface area contributed by atoms with Gasteiger partial charge < -0.3 is 10.6 Å². The molecule has 0 saturated heterocycles. The number of aromatic nitrogens is 2. The maximum absolute atomic E-state index is 14.0. The molecule has 34 heavy (non-hydrogen) atoms. The fourth-order valence-electron chi connectivity index (χ4n) is 3.60. The molecule has 0 atom stereocenters. The standard InChI is InChI=1S/C25H20F2N4O3/c1-14-7-9-19(28-15(2)32)17(11-14)24-25(34)31(22-6-4-3-5-21(22)30-24)13-23(33)29-20-10-8-16(26)12-18(20)27/h3-12H,13H2,1-2H3,(H,28,32)(H,29,33). The van der Waals surface area contributed by atoms with Crippen molar-refractivity contribution in [2.75, 3.05) is 10.6 Å². The number of aryl methyl sites for hydroxylation is 1. The van der Waals surface area contributed by atoms with Crippen LogP contribution in [0.3, 0.4) is 0 Å². The number of carbonyl (C=O) groups is 2. The first-order valence-corrected chi connectivity index (χ1v) is 10.4. The third kappa shape index (κ3) is 4.68. The zero-order chi connectivity index (χ0) is 24.4. The summed E-state index contributed by atoms with van der Waals surface area (Å²) in [7, 11) is 0. The number of para-hydroxylation sites is 2. The van der Waals surface area contributed by atoms with Crippen LogP contribution in [0.15, 0.2) is 65.5 Å². The first-order chi connectivity index (χ1) is 16.2. The molecule has 0 saturated carbocycles. The van der Waals surface area contributed by atoms with Crippen LogP contribution >= 0.6 is 0 Å². The predicted molar refractivity (Wildman–Crippen MR) is 125 cm³/mol. The molecule has 4 aromatic rings. The highest BCUT2D eigenvalue weighted by Crippen LogP contribution is 2.27. The van der Waals surface area contributed by atoms with E-state index in [2.05, 4.69) is 15.6 Å². The number of fused-ring (bicyclic) bond motifs is 1. The Morgan fingerprint density at radius 3 is 2.44 bits per heavy atom. The van der Waals surface area contributed by atoms with E-state index in [1.807, 2.05) is 6.92 Å². The normalized spacial score (nSPS) is 10.8. The number of halogens is 2. The van der Waals surface area contributed by atoms with E-state index in [1.165, 1.54) is 11.5 Å². The van der Waals surface area contributed by atoms with Crippen LogP contribution in [0.5, 0.6) is 0 Å². The lowest BCUT2D eigenvalue weighted by molar-refractivity contribution is -0.117. The second-order valence-corrected chi connectivity index (χ2v) is 7.74. The van der Waals surface area contributed by atoms with Crippen LogP contribution in [0.4, 0.5) is 20.2 Å². The summed E-state index contributed by atoms with van der Waals surface area (Å²) in [6.07, 6.45) is 0. The maximum atomic E-state index is 14.0. The lowest BCUT2D eigenvalue weighted by atomic mass is 10.1. The Morgan fingerprint density at radius 2 is 1.71 bits per heavy atom. The van der Waals surface area contributed by atoms with Gasteiger partial charge in [0.15, 0.2) is 0 Å². The van der Waals surface area contributed by atoms with Gasteiger partial charge in [-0.2, -0.15) is 0 Å². The zero-order valence-electron chi connectivity index (χ0n) is 18.4. The highest BCUT2D eigenvalue weighted by molar-refractivity contribution is 5.95. The van der Waals surface area contributed by atoms with Gasteiger partial charge >= 0.3 is 0 Å². The number of nitrogens with zero attached hydrogens (tertiary/aromatic N) is 2. The van der Waals surface area contributed by atoms with Crippen LogP contribution in [0, 0.1) is 18.6 Å². The molecule has 0 unspecified atom stereocenters. The average Bonchev–Trinajstić information content (AvgIpc) is 2.78. The Kier molecular flexibility index (Phi) is 6.18. The van der Waals surface area contributed by atoms with E-state index in [4.69, 9.17) is 0 Å². The van der Waals surface area contributed by atoms with Crippen LogP contribution in [-0.2, 0) is 16.1 Å². The SMILES string of the molecule is CC(=O)Nc1ccc(C)cc1-c1nc2ccccc2n(CC(=O)Nc2ccc(F)cc2F)c1=O. The molecule has 9 heteroatoms. The van der Waals surface area contributed by atoms with Crippen molar-refractivity contribution in [1.29, 1.82) is 0 Å². The minimum absolute atomic E-state index is 0.0481. The molecular weight excluding hydrogens is 442 g/mol. The topological polar surface area (TPSA) is 93.1 Å². The molecule has 172 valence electrons. The van der Waals surface area contributed by atoms with E-state index in [0.717, 1.165) is 17.7 Å². The molecule has 4 rings (SSSR count). The number of rotatable bonds is 5. The highest BCUT2D eigenvalue weighted by atomic mass is 19.1. The van der Waals surface area contributed by atoms with Gasteiger partial charge in [0.1, 0.15) is 23.9 Å². The molecule has 0 bridgehead atoms. The fourth-order valence-corrected chi connectivity index (χ4v) is 3.60.